The molecule has 23 heavy (non-hydrogen) atoms. The van der Waals surface area contributed by atoms with Crippen molar-refractivity contribution < 1.29 is 13.2 Å². The summed E-state index contributed by atoms with van der Waals surface area (Å²) in [6.07, 6.45) is 0. The monoisotopic (exact) mass is 356 g/mol. The predicted molar refractivity (Wildman–Crippen MR) is 93.4 cm³/mol. The Morgan fingerprint density at radius 3 is 2.48 bits per heavy atom. The Hall–Kier alpha value is -1.60. The Labute approximate surface area is 143 Å². The second-order valence-electron chi connectivity index (χ2n) is 4.78. The highest BCUT2D eigenvalue weighted by atomic mass is 35.5. The average Bonchev–Trinajstić information content (AvgIpc) is 2.54. The van der Waals surface area contributed by atoms with Gasteiger partial charge in [0.05, 0.1) is 11.5 Å². The number of nitrogens with one attached hydrogen (secondary N) is 1. The van der Waals surface area contributed by atoms with E-state index in [0.717, 1.165) is 5.56 Å². The van der Waals surface area contributed by atoms with E-state index in [0.29, 0.717) is 12.4 Å². The molecule has 0 aromatic heterocycles. The topological polar surface area (TPSA) is 81.4 Å². The average molecular weight is 357 g/mol. The zero-order valence-electron chi connectivity index (χ0n) is 12.8. The first-order valence-corrected chi connectivity index (χ1v) is 8.54. The van der Waals surface area contributed by atoms with Crippen LogP contribution < -0.4 is 15.2 Å². The third kappa shape index (κ3) is 5.51. The van der Waals surface area contributed by atoms with Crippen molar-refractivity contribution in [3.8, 4) is 5.75 Å². The molecular formula is C16H21ClN2O3S. The van der Waals surface area contributed by atoms with Crippen LogP contribution in [0, 0.1) is 0 Å². The lowest BCUT2D eigenvalue weighted by atomic mass is 10.1. The summed E-state index contributed by atoms with van der Waals surface area (Å²) in [5, 5.41) is 0. The molecule has 3 N–H and O–H groups in total. The number of rotatable bonds is 7. The van der Waals surface area contributed by atoms with Gasteiger partial charge in [-0.25, -0.2) is 13.1 Å². The van der Waals surface area contributed by atoms with Gasteiger partial charge < -0.3 is 10.5 Å². The first-order valence-electron chi connectivity index (χ1n) is 7.06. The van der Waals surface area contributed by atoms with Crippen molar-refractivity contribution in [1.82, 2.24) is 4.72 Å². The lowest BCUT2D eigenvalue weighted by Crippen LogP contribution is -2.32. The second-order valence-corrected chi connectivity index (χ2v) is 6.54. The van der Waals surface area contributed by atoms with Crippen LogP contribution in [-0.2, 0) is 10.0 Å². The van der Waals surface area contributed by atoms with Gasteiger partial charge in [0, 0.05) is 18.7 Å². The van der Waals surface area contributed by atoms with Crippen molar-refractivity contribution in [2.24, 2.45) is 5.73 Å². The summed E-state index contributed by atoms with van der Waals surface area (Å²) in [6.45, 7) is 2.46. The molecule has 0 aliphatic heterocycles. The molecule has 0 spiro atoms. The summed E-state index contributed by atoms with van der Waals surface area (Å²) < 4.78 is 32.5. The Kier molecular flexibility index (Phi) is 7.51. The summed E-state index contributed by atoms with van der Waals surface area (Å²) in [7, 11) is -3.61. The van der Waals surface area contributed by atoms with Crippen LogP contribution in [0.15, 0.2) is 59.5 Å². The van der Waals surface area contributed by atoms with Crippen molar-refractivity contribution in [3.63, 3.8) is 0 Å². The van der Waals surface area contributed by atoms with Crippen LogP contribution in [0.3, 0.4) is 0 Å². The third-order valence-electron chi connectivity index (χ3n) is 3.15. The SMILES string of the molecule is CCOc1cccc(S(=O)(=O)NCC(N)c2ccccc2)c1.Cl. The maximum absolute atomic E-state index is 12.3. The van der Waals surface area contributed by atoms with Crippen LogP contribution in [0.5, 0.6) is 5.75 Å². The second kappa shape index (κ2) is 8.88. The fourth-order valence-corrected chi connectivity index (χ4v) is 3.09. The minimum absolute atomic E-state index is 0. The predicted octanol–water partition coefficient (Wildman–Crippen LogP) is 2.49. The van der Waals surface area contributed by atoms with Crippen LogP contribution in [0.4, 0.5) is 0 Å². The smallest absolute Gasteiger partial charge is 0.240 e. The summed E-state index contributed by atoms with van der Waals surface area (Å²) in [6, 6.07) is 15.4. The molecule has 0 saturated heterocycles. The van der Waals surface area contributed by atoms with E-state index in [9.17, 15) is 8.42 Å². The molecule has 0 amide bonds. The molecule has 0 aliphatic carbocycles. The minimum atomic E-state index is -3.61. The van der Waals surface area contributed by atoms with Crippen molar-refractivity contribution >= 4 is 22.4 Å². The Balaban J connectivity index is 0.00000264. The van der Waals surface area contributed by atoms with Gasteiger partial charge in [-0.15, -0.1) is 12.4 Å². The number of halogens is 1. The first-order chi connectivity index (χ1) is 10.5. The maximum Gasteiger partial charge on any atom is 0.240 e. The molecule has 0 radical (unpaired) electrons. The lowest BCUT2D eigenvalue weighted by molar-refractivity contribution is 0.339. The Morgan fingerprint density at radius 1 is 1.13 bits per heavy atom. The van der Waals surface area contributed by atoms with E-state index in [4.69, 9.17) is 10.5 Å². The van der Waals surface area contributed by atoms with E-state index in [1.807, 2.05) is 37.3 Å². The summed E-state index contributed by atoms with van der Waals surface area (Å²) in [5.74, 6) is 0.526. The van der Waals surface area contributed by atoms with Gasteiger partial charge in [0.1, 0.15) is 5.75 Å². The molecule has 2 aromatic rings. The number of hydrogen-bond acceptors (Lipinski definition) is 4. The molecule has 1 atom stereocenters. The van der Waals surface area contributed by atoms with Gasteiger partial charge in [-0.3, -0.25) is 0 Å². The molecule has 0 fully saturated rings. The van der Waals surface area contributed by atoms with E-state index < -0.39 is 16.1 Å². The van der Waals surface area contributed by atoms with E-state index in [1.54, 1.807) is 12.1 Å². The Bertz CT molecular complexity index is 708. The van der Waals surface area contributed by atoms with Crippen LogP contribution in [-0.4, -0.2) is 21.6 Å². The van der Waals surface area contributed by atoms with Gasteiger partial charge in [-0.1, -0.05) is 36.4 Å². The zero-order chi connectivity index (χ0) is 16.0. The van der Waals surface area contributed by atoms with Crippen LogP contribution in [0.25, 0.3) is 0 Å². The summed E-state index contributed by atoms with van der Waals surface area (Å²) in [5.41, 5.74) is 6.89. The molecule has 2 rings (SSSR count). The number of nitrogens with two attached hydrogens (primary N) is 1. The van der Waals surface area contributed by atoms with Crippen LogP contribution in [0.1, 0.15) is 18.5 Å². The first kappa shape index (κ1) is 19.4. The number of benzene rings is 2. The van der Waals surface area contributed by atoms with Gasteiger partial charge in [-0.2, -0.15) is 0 Å². The molecule has 0 heterocycles. The van der Waals surface area contributed by atoms with Gasteiger partial charge in [0.2, 0.25) is 10.0 Å². The molecule has 1 unspecified atom stereocenters. The lowest BCUT2D eigenvalue weighted by Gasteiger charge is -2.14. The zero-order valence-corrected chi connectivity index (χ0v) is 14.4. The van der Waals surface area contributed by atoms with Crippen molar-refractivity contribution in [3.05, 3.63) is 60.2 Å². The minimum Gasteiger partial charge on any atom is -0.494 e. The van der Waals surface area contributed by atoms with Gasteiger partial charge in [0.15, 0.2) is 0 Å². The van der Waals surface area contributed by atoms with Gasteiger partial charge >= 0.3 is 0 Å². The molecule has 7 heteroatoms. The van der Waals surface area contributed by atoms with Crippen LogP contribution in [0.2, 0.25) is 0 Å². The number of sulfonamides is 1. The molecule has 126 valence electrons. The molecule has 0 aliphatic rings. The fourth-order valence-electron chi connectivity index (χ4n) is 2.00. The standard InChI is InChI=1S/C16H20N2O3S.ClH/c1-2-21-14-9-6-10-15(11-14)22(19,20)18-12-16(17)13-7-4-3-5-8-13;/h3-11,16,18H,2,12,17H2,1H3;1H. The largest absolute Gasteiger partial charge is 0.494 e. The Morgan fingerprint density at radius 2 is 1.83 bits per heavy atom. The number of ether oxygens (including phenoxy) is 1. The molecular weight excluding hydrogens is 336 g/mol. The van der Waals surface area contributed by atoms with Gasteiger partial charge in [-0.05, 0) is 24.6 Å². The van der Waals surface area contributed by atoms with E-state index in [1.165, 1.54) is 12.1 Å². The molecule has 0 saturated carbocycles. The van der Waals surface area contributed by atoms with Crippen LogP contribution >= 0.6 is 12.4 Å². The van der Waals surface area contributed by atoms with Crippen molar-refractivity contribution in [2.45, 2.75) is 17.9 Å². The summed E-state index contributed by atoms with van der Waals surface area (Å²) >= 11 is 0. The van der Waals surface area contributed by atoms with Crippen molar-refractivity contribution in [1.29, 1.82) is 0 Å². The van der Waals surface area contributed by atoms with Gasteiger partial charge in [0.25, 0.3) is 0 Å². The molecule has 2 aromatic carbocycles. The summed E-state index contributed by atoms with van der Waals surface area (Å²) in [4.78, 5) is 0.165. The van der Waals surface area contributed by atoms with E-state index >= 15 is 0 Å². The highest BCUT2D eigenvalue weighted by Crippen LogP contribution is 2.18. The maximum atomic E-state index is 12.3. The highest BCUT2D eigenvalue weighted by Gasteiger charge is 2.16. The third-order valence-corrected chi connectivity index (χ3v) is 4.57. The quantitative estimate of drug-likeness (QED) is 0.798. The number of hydrogen-bond donors (Lipinski definition) is 2. The molecule has 5 nitrogen and oxygen atoms in total. The highest BCUT2D eigenvalue weighted by molar-refractivity contribution is 7.89. The fraction of sp³-hybridized carbons (Fsp3) is 0.250. The van der Waals surface area contributed by atoms with Crippen molar-refractivity contribution in [2.75, 3.05) is 13.2 Å². The molecule has 0 bridgehead atoms. The van der Waals surface area contributed by atoms with E-state index in [2.05, 4.69) is 4.72 Å². The normalized spacial score (nSPS) is 12.3. The van der Waals surface area contributed by atoms with E-state index in [-0.39, 0.29) is 23.8 Å².